The Balaban J connectivity index is 1.47. The summed E-state index contributed by atoms with van der Waals surface area (Å²) in [6, 6.07) is 19.7. The summed E-state index contributed by atoms with van der Waals surface area (Å²) in [5.74, 6) is 0.734. The van der Waals surface area contributed by atoms with Gasteiger partial charge in [0.2, 0.25) is 0 Å². The molecular weight excluding hydrogens is 316 g/mol. The van der Waals surface area contributed by atoms with Gasteiger partial charge in [-0.2, -0.15) is 0 Å². The molecule has 0 aliphatic carbocycles. The Labute approximate surface area is 145 Å². The van der Waals surface area contributed by atoms with E-state index in [2.05, 4.69) is 4.98 Å². The van der Waals surface area contributed by atoms with Crippen molar-refractivity contribution in [1.82, 2.24) is 9.88 Å². The number of likely N-dealkylation sites (N-methyl/N-ethyl adjacent to an activating group) is 1. The van der Waals surface area contributed by atoms with E-state index in [0.29, 0.717) is 13.2 Å². The van der Waals surface area contributed by atoms with E-state index in [1.54, 1.807) is 11.9 Å². The van der Waals surface area contributed by atoms with Gasteiger partial charge in [-0.15, -0.1) is 0 Å². The van der Waals surface area contributed by atoms with Crippen molar-refractivity contribution in [2.24, 2.45) is 0 Å². The second kappa shape index (κ2) is 6.43. The molecule has 1 aliphatic heterocycles. The summed E-state index contributed by atoms with van der Waals surface area (Å²) in [6.45, 7) is 0.938. The first-order valence-electron chi connectivity index (χ1n) is 8.18. The maximum absolute atomic E-state index is 11.5. The lowest BCUT2D eigenvalue weighted by Gasteiger charge is -2.11. The molecule has 4 rings (SSSR count). The molecule has 2 heterocycles. The third kappa shape index (κ3) is 3.26. The zero-order valence-electron chi connectivity index (χ0n) is 13.9. The molecule has 0 bridgehead atoms. The van der Waals surface area contributed by atoms with Gasteiger partial charge in [0.05, 0.1) is 17.8 Å². The molecule has 5 nitrogen and oxygen atoms in total. The van der Waals surface area contributed by atoms with E-state index in [0.717, 1.165) is 27.9 Å². The minimum absolute atomic E-state index is 0.250. The molecule has 3 aromatic rings. The molecule has 1 aromatic heterocycles. The maximum Gasteiger partial charge on any atom is 0.410 e. The SMILES string of the molecule is CN1C[C@H](c2cccc(OCc3ccc4ccccc4n3)c2)OC1=O. The first-order valence-corrected chi connectivity index (χ1v) is 8.18. The van der Waals surface area contributed by atoms with Gasteiger partial charge in [-0.1, -0.05) is 36.4 Å². The molecule has 1 fully saturated rings. The van der Waals surface area contributed by atoms with Crippen LogP contribution in [0.25, 0.3) is 10.9 Å². The van der Waals surface area contributed by atoms with Gasteiger partial charge in [0.25, 0.3) is 0 Å². The second-order valence-electron chi connectivity index (χ2n) is 6.11. The second-order valence-corrected chi connectivity index (χ2v) is 6.11. The van der Waals surface area contributed by atoms with Crippen LogP contribution in [0.4, 0.5) is 4.79 Å². The van der Waals surface area contributed by atoms with Crippen molar-refractivity contribution in [3.8, 4) is 5.75 Å². The Hall–Kier alpha value is -3.08. The highest BCUT2D eigenvalue weighted by Crippen LogP contribution is 2.27. The number of pyridine rings is 1. The van der Waals surface area contributed by atoms with Crippen molar-refractivity contribution in [3.05, 3.63) is 71.9 Å². The van der Waals surface area contributed by atoms with Crippen LogP contribution < -0.4 is 4.74 Å². The number of nitrogens with zero attached hydrogens (tertiary/aromatic N) is 2. The third-order valence-electron chi connectivity index (χ3n) is 4.27. The number of fused-ring (bicyclic) bond motifs is 1. The summed E-state index contributed by atoms with van der Waals surface area (Å²) >= 11 is 0. The highest BCUT2D eigenvalue weighted by molar-refractivity contribution is 5.78. The summed E-state index contributed by atoms with van der Waals surface area (Å²) < 4.78 is 11.2. The van der Waals surface area contributed by atoms with Crippen LogP contribution >= 0.6 is 0 Å². The number of para-hydroxylation sites is 1. The van der Waals surface area contributed by atoms with Gasteiger partial charge in [0.15, 0.2) is 0 Å². The standard InChI is InChI=1S/C20H18N2O3/c1-22-12-19(25-20(22)23)15-6-4-7-17(11-15)24-13-16-10-9-14-5-2-3-8-18(14)21-16/h2-11,19H,12-13H2,1H3/t19-/m1/s1. The van der Waals surface area contributed by atoms with E-state index in [9.17, 15) is 4.79 Å². The van der Waals surface area contributed by atoms with Crippen LogP contribution in [-0.2, 0) is 11.3 Å². The fraction of sp³-hybridized carbons (Fsp3) is 0.200. The summed E-state index contributed by atoms with van der Waals surface area (Å²) in [5.41, 5.74) is 2.76. The molecule has 0 radical (unpaired) electrons. The van der Waals surface area contributed by atoms with Crippen molar-refractivity contribution >= 4 is 17.0 Å². The quantitative estimate of drug-likeness (QED) is 0.725. The summed E-state index contributed by atoms with van der Waals surface area (Å²) in [4.78, 5) is 17.7. The molecule has 2 aromatic carbocycles. The average Bonchev–Trinajstić information content (AvgIpc) is 2.99. The lowest BCUT2D eigenvalue weighted by molar-refractivity contribution is 0.134. The number of benzene rings is 2. The maximum atomic E-state index is 11.5. The highest BCUT2D eigenvalue weighted by atomic mass is 16.6. The van der Waals surface area contributed by atoms with Crippen LogP contribution in [0.3, 0.4) is 0 Å². The zero-order valence-corrected chi connectivity index (χ0v) is 13.9. The van der Waals surface area contributed by atoms with Crippen molar-refractivity contribution < 1.29 is 14.3 Å². The van der Waals surface area contributed by atoms with E-state index in [4.69, 9.17) is 9.47 Å². The first kappa shape index (κ1) is 15.4. The predicted octanol–water partition coefficient (Wildman–Crippen LogP) is 3.94. The first-order chi connectivity index (χ1) is 12.2. The van der Waals surface area contributed by atoms with Crippen LogP contribution in [0.5, 0.6) is 5.75 Å². The van der Waals surface area contributed by atoms with Crippen LogP contribution in [0.1, 0.15) is 17.4 Å². The fourth-order valence-corrected chi connectivity index (χ4v) is 2.90. The topological polar surface area (TPSA) is 51.7 Å². The van der Waals surface area contributed by atoms with Gasteiger partial charge < -0.3 is 14.4 Å². The monoisotopic (exact) mass is 334 g/mol. The molecule has 1 amide bonds. The molecular formula is C20H18N2O3. The summed E-state index contributed by atoms with van der Waals surface area (Å²) in [5, 5.41) is 1.11. The molecule has 0 saturated carbocycles. The molecule has 25 heavy (non-hydrogen) atoms. The Morgan fingerprint density at radius 3 is 2.88 bits per heavy atom. The molecule has 1 saturated heterocycles. The average molecular weight is 334 g/mol. The third-order valence-corrected chi connectivity index (χ3v) is 4.27. The van der Waals surface area contributed by atoms with Crippen molar-refractivity contribution in [3.63, 3.8) is 0 Å². The molecule has 1 atom stereocenters. The fourth-order valence-electron chi connectivity index (χ4n) is 2.90. The van der Waals surface area contributed by atoms with E-state index in [1.807, 2.05) is 60.7 Å². The lowest BCUT2D eigenvalue weighted by atomic mass is 10.1. The largest absolute Gasteiger partial charge is 0.487 e. The Morgan fingerprint density at radius 2 is 2.04 bits per heavy atom. The molecule has 5 heteroatoms. The molecule has 1 aliphatic rings. The van der Waals surface area contributed by atoms with E-state index in [-0.39, 0.29) is 12.2 Å². The predicted molar refractivity (Wildman–Crippen MR) is 94.4 cm³/mol. The smallest absolute Gasteiger partial charge is 0.410 e. The number of carbonyl (C=O) groups is 1. The van der Waals surface area contributed by atoms with E-state index >= 15 is 0 Å². The number of hydrogen-bond acceptors (Lipinski definition) is 4. The Morgan fingerprint density at radius 1 is 1.16 bits per heavy atom. The number of cyclic esters (lactones) is 1. The van der Waals surface area contributed by atoms with Crippen LogP contribution in [0.15, 0.2) is 60.7 Å². The molecule has 0 N–H and O–H groups in total. The van der Waals surface area contributed by atoms with Crippen molar-refractivity contribution in [1.29, 1.82) is 0 Å². The van der Waals surface area contributed by atoms with Gasteiger partial charge in [-0.25, -0.2) is 9.78 Å². The summed E-state index contributed by atoms with van der Waals surface area (Å²) in [7, 11) is 1.73. The van der Waals surface area contributed by atoms with Gasteiger partial charge in [-0.05, 0) is 29.8 Å². The Bertz CT molecular complexity index is 925. The summed E-state index contributed by atoms with van der Waals surface area (Å²) in [6.07, 6.45) is -0.545. The van der Waals surface area contributed by atoms with E-state index in [1.165, 1.54) is 0 Å². The van der Waals surface area contributed by atoms with Crippen molar-refractivity contribution in [2.45, 2.75) is 12.7 Å². The number of rotatable bonds is 4. The van der Waals surface area contributed by atoms with E-state index < -0.39 is 0 Å². The number of carbonyl (C=O) groups excluding carboxylic acids is 1. The number of ether oxygens (including phenoxy) is 2. The number of aromatic nitrogens is 1. The Kier molecular flexibility index (Phi) is 3.98. The number of hydrogen-bond donors (Lipinski definition) is 0. The highest BCUT2D eigenvalue weighted by Gasteiger charge is 2.29. The van der Waals surface area contributed by atoms with Gasteiger partial charge in [-0.3, -0.25) is 0 Å². The zero-order chi connectivity index (χ0) is 17.2. The normalized spacial score (nSPS) is 16.9. The van der Waals surface area contributed by atoms with Gasteiger partial charge in [0.1, 0.15) is 18.5 Å². The van der Waals surface area contributed by atoms with Crippen LogP contribution in [0, 0.1) is 0 Å². The lowest BCUT2D eigenvalue weighted by Crippen LogP contribution is -2.17. The van der Waals surface area contributed by atoms with Gasteiger partial charge in [0, 0.05) is 12.4 Å². The van der Waals surface area contributed by atoms with Crippen molar-refractivity contribution in [2.75, 3.05) is 13.6 Å². The minimum Gasteiger partial charge on any atom is -0.487 e. The molecule has 0 spiro atoms. The molecule has 0 unspecified atom stereocenters. The number of amides is 1. The van der Waals surface area contributed by atoms with Crippen LogP contribution in [-0.4, -0.2) is 29.6 Å². The minimum atomic E-state index is -0.295. The molecule has 126 valence electrons. The van der Waals surface area contributed by atoms with Crippen LogP contribution in [0.2, 0.25) is 0 Å². The van der Waals surface area contributed by atoms with Gasteiger partial charge >= 0.3 is 6.09 Å².